The largest absolute Gasteiger partial charge is 0.479 e. The fraction of sp³-hybridized carbons (Fsp3) is 0.625. The number of halogens is 3. The Morgan fingerprint density at radius 1 is 1.07 bits per heavy atom. The molecule has 3 fully saturated rings. The Morgan fingerprint density at radius 2 is 1.61 bits per heavy atom. The molecule has 0 aliphatic carbocycles. The van der Waals surface area contributed by atoms with Gasteiger partial charge in [0.05, 0.1) is 11.9 Å². The summed E-state index contributed by atoms with van der Waals surface area (Å²) in [6.07, 6.45) is -4.54. The van der Waals surface area contributed by atoms with Gasteiger partial charge in [0.2, 0.25) is 0 Å². The first-order valence-corrected chi connectivity index (χ1v) is 8.44. The molecule has 3 atom stereocenters. The van der Waals surface area contributed by atoms with Crippen LogP contribution in [0.3, 0.4) is 0 Å². The van der Waals surface area contributed by atoms with E-state index in [0.717, 1.165) is 38.7 Å². The van der Waals surface area contributed by atoms with Crippen molar-refractivity contribution in [1.82, 2.24) is 14.9 Å². The molecule has 0 amide bonds. The third-order valence-electron chi connectivity index (χ3n) is 4.78. The number of fused-ring (bicyclic) bond motifs is 3. The van der Waals surface area contributed by atoms with Gasteiger partial charge in [0.1, 0.15) is 0 Å². The molecule has 28 heavy (non-hydrogen) atoms. The fourth-order valence-corrected chi connectivity index (χ4v) is 3.27. The number of nitrogens with zero attached hydrogens (tertiary/aromatic N) is 3. The van der Waals surface area contributed by atoms with Crippen LogP contribution < -0.4 is 0 Å². The van der Waals surface area contributed by atoms with Gasteiger partial charge in [-0.3, -0.25) is 4.98 Å². The van der Waals surface area contributed by atoms with Crippen LogP contribution in [-0.4, -0.2) is 79.1 Å². The summed E-state index contributed by atoms with van der Waals surface area (Å²) in [4.78, 5) is 29.3. The van der Waals surface area contributed by atoms with Crippen LogP contribution in [0.25, 0.3) is 0 Å². The summed E-state index contributed by atoms with van der Waals surface area (Å²) in [5.74, 6) is -2.96. The van der Waals surface area contributed by atoms with Gasteiger partial charge in [0.15, 0.2) is 17.9 Å². The number of aliphatic hydroxyl groups excluding tert-OH is 2. The van der Waals surface area contributed by atoms with E-state index in [2.05, 4.69) is 14.9 Å². The van der Waals surface area contributed by atoms with E-state index in [1.54, 1.807) is 0 Å². The number of carboxylic acid groups (broad SMARTS) is 2. The molecule has 3 unspecified atom stereocenters. The molecule has 0 radical (unpaired) electrons. The van der Waals surface area contributed by atoms with Gasteiger partial charge < -0.3 is 25.3 Å². The molecule has 3 aliphatic rings. The van der Waals surface area contributed by atoms with E-state index in [9.17, 15) is 22.8 Å². The van der Waals surface area contributed by atoms with Crippen molar-refractivity contribution < 1.29 is 43.2 Å². The average Bonchev–Trinajstić information content (AvgIpc) is 2.67. The molecular formula is C16H20F3N3O6. The molecule has 3 aliphatic heterocycles. The highest BCUT2D eigenvalue weighted by Gasteiger charge is 2.38. The first-order chi connectivity index (χ1) is 13.0. The molecule has 4 rings (SSSR count). The Morgan fingerprint density at radius 3 is 2.00 bits per heavy atom. The van der Waals surface area contributed by atoms with Gasteiger partial charge in [0, 0.05) is 18.7 Å². The molecule has 4 heterocycles. The smallest absolute Gasteiger partial charge is 0.434 e. The highest BCUT2D eigenvalue weighted by Crippen LogP contribution is 2.38. The van der Waals surface area contributed by atoms with Gasteiger partial charge in [-0.15, -0.1) is 0 Å². The van der Waals surface area contributed by atoms with Gasteiger partial charge in [0.25, 0.3) is 0 Å². The molecule has 3 saturated heterocycles. The number of carboxylic acids is 2. The third kappa shape index (κ3) is 5.36. The molecule has 0 spiro atoms. The SMILES string of the molecule is FC(F)(F)c1cncc(C2CN3CCC2CC3)n1.O=C(O)C(O)C(O)C(=O)O. The zero-order valence-electron chi connectivity index (χ0n) is 14.6. The van der Waals surface area contributed by atoms with Crippen LogP contribution in [0.15, 0.2) is 12.4 Å². The minimum Gasteiger partial charge on any atom is -0.479 e. The van der Waals surface area contributed by atoms with Gasteiger partial charge in [-0.2, -0.15) is 13.2 Å². The Kier molecular flexibility index (Phi) is 6.91. The molecule has 156 valence electrons. The molecule has 4 N–H and O–H groups in total. The number of aliphatic carboxylic acids is 2. The minimum absolute atomic E-state index is 0.113. The number of alkyl halides is 3. The number of rotatable bonds is 4. The highest BCUT2D eigenvalue weighted by atomic mass is 19.4. The Bertz CT molecular complexity index is 691. The van der Waals surface area contributed by atoms with E-state index in [0.29, 0.717) is 11.6 Å². The van der Waals surface area contributed by atoms with Crippen molar-refractivity contribution in [2.75, 3.05) is 19.6 Å². The maximum absolute atomic E-state index is 12.6. The van der Waals surface area contributed by atoms with Gasteiger partial charge in [-0.05, 0) is 31.8 Å². The van der Waals surface area contributed by atoms with E-state index in [4.69, 9.17) is 20.4 Å². The second kappa shape index (κ2) is 8.80. The summed E-state index contributed by atoms with van der Waals surface area (Å²) in [5, 5.41) is 32.5. The molecule has 1 aromatic rings. The zero-order valence-corrected chi connectivity index (χ0v) is 14.6. The Labute approximate surface area is 157 Å². The molecule has 2 bridgehead atoms. The van der Waals surface area contributed by atoms with Crippen LogP contribution >= 0.6 is 0 Å². The predicted molar refractivity (Wildman–Crippen MR) is 86.2 cm³/mol. The second-order valence-corrected chi connectivity index (χ2v) is 6.64. The fourth-order valence-electron chi connectivity index (χ4n) is 3.27. The van der Waals surface area contributed by atoms with Gasteiger partial charge >= 0.3 is 18.1 Å². The van der Waals surface area contributed by atoms with Crippen molar-refractivity contribution in [3.8, 4) is 0 Å². The Balaban J connectivity index is 0.000000242. The van der Waals surface area contributed by atoms with Gasteiger partial charge in [-0.1, -0.05) is 0 Å². The number of carbonyl (C=O) groups is 2. The lowest BCUT2D eigenvalue weighted by Crippen LogP contribution is -2.46. The average molecular weight is 407 g/mol. The highest BCUT2D eigenvalue weighted by molar-refractivity contribution is 5.83. The third-order valence-corrected chi connectivity index (χ3v) is 4.78. The van der Waals surface area contributed by atoms with Crippen molar-refractivity contribution in [3.63, 3.8) is 0 Å². The van der Waals surface area contributed by atoms with E-state index in [1.165, 1.54) is 6.20 Å². The van der Waals surface area contributed by atoms with E-state index in [-0.39, 0.29) is 5.92 Å². The first-order valence-electron chi connectivity index (χ1n) is 8.44. The Hall–Kier alpha value is -2.31. The number of hydrogen-bond donors (Lipinski definition) is 4. The molecule has 1 aromatic heterocycles. The molecule has 12 heteroatoms. The summed E-state index contributed by atoms with van der Waals surface area (Å²) in [5.41, 5.74) is -0.379. The maximum Gasteiger partial charge on any atom is 0.434 e. The number of hydrogen-bond acceptors (Lipinski definition) is 7. The van der Waals surface area contributed by atoms with Gasteiger partial charge in [-0.25, -0.2) is 14.6 Å². The standard InChI is InChI=1S/C12H14F3N3.C4H6O6/c13-12(14,15)11-6-16-5-10(17-11)9-7-18-3-1-8(9)2-4-18;5-1(3(7)8)2(6)4(9)10/h5-6,8-9H,1-4,7H2;1-2,5-6H,(H,7,8)(H,9,10). The molecule has 9 nitrogen and oxygen atoms in total. The monoisotopic (exact) mass is 407 g/mol. The first kappa shape index (κ1) is 22.0. The van der Waals surface area contributed by atoms with Crippen LogP contribution in [0.1, 0.15) is 30.1 Å². The van der Waals surface area contributed by atoms with E-state index in [1.807, 2.05) is 0 Å². The number of aliphatic hydroxyl groups is 2. The van der Waals surface area contributed by atoms with Crippen molar-refractivity contribution >= 4 is 11.9 Å². The van der Waals surface area contributed by atoms with Crippen LogP contribution in [0.2, 0.25) is 0 Å². The summed E-state index contributed by atoms with van der Waals surface area (Å²) in [6.45, 7) is 2.95. The lowest BCUT2D eigenvalue weighted by Gasteiger charge is -2.44. The van der Waals surface area contributed by atoms with E-state index >= 15 is 0 Å². The molecular weight excluding hydrogens is 387 g/mol. The predicted octanol–water partition coefficient (Wildman–Crippen LogP) is 0.182. The molecule has 0 aromatic carbocycles. The maximum atomic E-state index is 12.6. The lowest BCUT2D eigenvalue weighted by molar-refractivity contribution is -0.165. The quantitative estimate of drug-likeness (QED) is 0.549. The van der Waals surface area contributed by atoms with Crippen molar-refractivity contribution in [3.05, 3.63) is 23.8 Å². The van der Waals surface area contributed by atoms with Crippen LogP contribution in [0, 0.1) is 5.92 Å². The number of aromatic nitrogens is 2. The minimum atomic E-state index is -4.41. The van der Waals surface area contributed by atoms with Crippen LogP contribution in [0.4, 0.5) is 13.2 Å². The van der Waals surface area contributed by atoms with Crippen LogP contribution in [-0.2, 0) is 15.8 Å². The van der Waals surface area contributed by atoms with Crippen molar-refractivity contribution in [2.45, 2.75) is 37.1 Å². The van der Waals surface area contributed by atoms with E-state index < -0.39 is 36.0 Å². The van der Waals surface area contributed by atoms with Crippen molar-refractivity contribution in [1.29, 1.82) is 0 Å². The summed E-state index contributed by atoms with van der Waals surface area (Å²) in [7, 11) is 0. The van der Waals surface area contributed by atoms with Crippen LogP contribution in [0.5, 0.6) is 0 Å². The second-order valence-electron chi connectivity index (χ2n) is 6.64. The number of piperidine rings is 3. The molecule has 0 saturated carbocycles. The van der Waals surface area contributed by atoms with Crippen molar-refractivity contribution in [2.24, 2.45) is 5.92 Å². The summed E-state index contributed by atoms with van der Waals surface area (Å²) in [6, 6.07) is 0. The summed E-state index contributed by atoms with van der Waals surface area (Å²) < 4.78 is 37.8. The normalized spacial score (nSPS) is 26.0. The topological polar surface area (TPSA) is 144 Å². The lowest BCUT2D eigenvalue weighted by atomic mass is 9.77. The summed E-state index contributed by atoms with van der Waals surface area (Å²) >= 11 is 0. The zero-order chi connectivity index (χ0) is 21.1.